The first-order valence-electron chi connectivity index (χ1n) is 5.98. The first kappa shape index (κ1) is 17.8. The average molecular weight is 339 g/mol. The Morgan fingerprint density at radius 3 is 2.33 bits per heavy atom. The minimum absolute atomic E-state index is 0.0940. The summed E-state index contributed by atoms with van der Waals surface area (Å²) in [4.78, 5) is -0.136. The normalized spacial score (nSPS) is 12.6. The molecule has 21 heavy (non-hydrogen) atoms. The van der Waals surface area contributed by atoms with Crippen LogP contribution in [-0.2, 0) is 20.0 Å². The summed E-state index contributed by atoms with van der Waals surface area (Å²) in [5.74, 6) is -1.10. The van der Waals surface area contributed by atoms with E-state index in [1.54, 1.807) is 0 Å². The zero-order chi connectivity index (χ0) is 16.4. The van der Waals surface area contributed by atoms with Gasteiger partial charge in [-0.3, -0.25) is 0 Å². The number of nitrogens with one attached hydrogen (secondary N) is 2. The lowest BCUT2D eigenvalue weighted by molar-refractivity contribution is 0.577. The average Bonchev–Trinajstić information content (AvgIpc) is 2.35. The largest absolute Gasteiger partial charge is 0.396 e. The van der Waals surface area contributed by atoms with Crippen molar-refractivity contribution in [2.75, 3.05) is 25.1 Å². The van der Waals surface area contributed by atoms with Crippen molar-refractivity contribution in [3.8, 4) is 0 Å². The topological polar surface area (TPSA) is 118 Å². The Labute approximate surface area is 123 Å². The second-order valence-corrected chi connectivity index (χ2v) is 8.21. The lowest BCUT2D eigenvalue weighted by atomic mass is 10.1. The van der Waals surface area contributed by atoms with Gasteiger partial charge in [-0.25, -0.2) is 30.7 Å². The van der Waals surface area contributed by atoms with E-state index >= 15 is 0 Å². The van der Waals surface area contributed by atoms with Crippen LogP contribution >= 0.6 is 0 Å². The fourth-order valence-electron chi connectivity index (χ4n) is 1.83. The number of sulfonamides is 2. The van der Waals surface area contributed by atoms with Crippen molar-refractivity contribution in [1.82, 2.24) is 9.44 Å². The van der Waals surface area contributed by atoms with Gasteiger partial charge in [0.15, 0.2) is 0 Å². The molecule has 0 saturated heterocycles. The third-order valence-corrected chi connectivity index (χ3v) is 6.06. The van der Waals surface area contributed by atoms with E-state index in [-0.39, 0.29) is 28.3 Å². The standard InChI is InChI=1S/C11H18FN3O4S2/c1-7-6-9(12)10(13)8(2)11(7)21(18,19)15-4-5-20(16,17)14-3/h6,14-15H,4-5,13H2,1-3H3. The van der Waals surface area contributed by atoms with Gasteiger partial charge in [0, 0.05) is 6.54 Å². The molecule has 0 spiro atoms. The van der Waals surface area contributed by atoms with Gasteiger partial charge in [0.05, 0.1) is 16.3 Å². The lowest BCUT2D eigenvalue weighted by Gasteiger charge is -2.14. The van der Waals surface area contributed by atoms with E-state index in [0.29, 0.717) is 0 Å². The second-order valence-electron chi connectivity index (χ2n) is 4.46. The maximum Gasteiger partial charge on any atom is 0.241 e. The number of benzene rings is 1. The zero-order valence-corrected chi connectivity index (χ0v) is 13.5. The van der Waals surface area contributed by atoms with Crippen molar-refractivity contribution in [3.63, 3.8) is 0 Å². The van der Waals surface area contributed by atoms with Crippen LogP contribution in [-0.4, -0.2) is 36.2 Å². The highest BCUT2D eigenvalue weighted by Crippen LogP contribution is 2.27. The van der Waals surface area contributed by atoms with Crippen molar-refractivity contribution in [2.45, 2.75) is 18.7 Å². The molecule has 10 heteroatoms. The first-order chi connectivity index (χ1) is 9.52. The minimum atomic E-state index is -3.98. The smallest absolute Gasteiger partial charge is 0.241 e. The molecular formula is C11H18FN3O4S2. The van der Waals surface area contributed by atoms with Gasteiger partial charge in [-0.05, 0) is 38.1 Å². The van der Waals surface area contributed by atoms with E-state index in [2.05, 4.69) is 9.44 Å². The Kier molecular flexibility index (Phi) is 5.31. The van der Waals surface area contributed by atoms with Crippen molar-refractivity contribution in [2.24, 2.45) is 0 Å². The summed E-state index contributed by atoms with van der Waals surface area (Å²) in [6.45, 7) is 2.53. The first-order valence-corrected chi connectivity index (χ1v) is 9.11. The molecule has 0 aliphatic rings. The van der Waals surface area contributed by atoms with E-state index < -0.39 is 31.6 Å². The van der Waals surface area contributed by atoms with Crippen molar-refractivity contribution in [1.29, 1.82) is 0 Å². The van der Waals surface area contributed by atoms with Gasteiger partial charge in [-0.1, -0.05) is 0 Å². The lowest BCUT2D eigenvalue weighted by Crippen LogP contribution is -2.33. The van der Waals surface area contributed by atoms with Crippen LogP contribution in [0.25, 0.3) is 0 Å². The molecule has 4 N–H and O–H groups in total. The predicted molar refractivity (Wildman–Crippen MR) is 78.3 cm³/mol. The molecule has 1 rings (SSSR count). The fraction of sp³-hybridized carbons (Fsp3) is 0.455. The summed E-state index contributed by atoms with van der Waals surface area (Å²) in [6.07, 6.45) is 0. The SMILES string of the molecule is CNS(=O)(=O)CCNS(=O)(=O)c1c(C)cc(F)c(N)c1C. The highest BCUT2D eigenvalue weighted by atomic mass is 32.2. The van der Waals surface area contributed by atoms with Crippen LogP contribution in [0.4, 0.5) is 10.1 Å². The summed E-state index contributed by atoms with van der Waals surface area (Å²) in [5.41, 5.74) is 5.54. The Bertz CT molecular complexity index is 745. The molecule has 0 fully saturated rings. The van der Waals surface area contributed by atoms with Crippen LogP contribution in [0.15, 0.2) is 11.0 Å². The van der Waals surface area contributed by atoms with E-state index in [1.165, 1.54) is 20.9 Å². The second kappa shape index (κ2) is 6.26. The highest BCUT2D eigenvalue weighted by Gasteiger charge is 2.23. The van der Waals surface area contributed by atoms with Gasteiger partial charge in [0.2, 0.25) is 20.0 Å². The van der Waals surface area contributed by atoms with Crippen molar-refractivity contribution in [3.05, 3.63) is 23.0 Å². The molecule has 0 aromatic heterocycles. The van der Waals surface area contributed by atoms with E-state index in [1.807, 2.05) is 0 Å². The number of aryl methyl sites for hydroxylation is 1. The molecule has 0 radical (unpaired) electrons. The molecule has 0 atom stereocenters. The van der Waals surface area contributed by atoms with E-state index in [4.69, 9.17) is 5.73 Å². The van der Waals surface area contributed by atoms with Gasteiger partial charge in [0.25, 0.3) is 0 Å². The number of halogens is 1. The number of nitrogen functional groups attached to an aromatic ring is 1. The number of nitrogens with two attached hydrogens (primary N) is 1. The van der Waals surface area contributed by atoms with E-state index in [0.717, 1.165) is 6.07 Å². The van der Waals surface area contributed by atoms with Crippen LogP contribution in [0.2, 0.25) is 0 Å². The molecule has 0 saturated carbocycles. The van der Waals surface area contributed by atoms with Gasteiger partial charge in [0.1, 0.15) is 5.82 Å². The third kappa shape index (κ3) is 4.13. The Balaban J connectivity index is 3.08. The summed E-state index contributed by atoms with van der Waals surface area (Å²) >= 11 is 0. The molecule has 7 nitrogen and oxygen atoms in total. The Morgan fingerprint density at radius 2 is 1.81 bits per heavy atom. The molecule has 0 aliphatic carbocycles. The number of anilines is 1. The molecule has 1 aromatic carbocycles. The Hall–Kier alpha value is -1.23. The van der Waals surface area contributed by atoms with Crippen LogP contribution < -0.4 is 15.2 Å². The molecule has 1 aromatic rings. The quantitative estimate of drug-likeness (QED) is 0.623. The molecule has 0 bridgehead atoms. The molecular weight excluding hydrogens is 321 g/mol. The maximum absolute atomic E-state index is 13.4. The van der Waals surface area contributed by atoms with Crippen LogP contribution in [0.3, 0.4) is 0 Å². The van der Waals surface area contributed by atoms with Crippen molar-refractivity contribution >= 4 is 25.7 Å². The monoisotopic (exact) mass is 339 g/mol. The molecule has 0 heterocycles. The molecule has 0 unspecified atom stereocenters. The minimum Gasteiger partial charge on any atom is -0.396 e. The highest BCUT2D eigenvalue weighted by molar-refractivity contribution is 7.90. The molecule has 0 amide bonds. The number of rotatable bonds is 6. The Morgan fingerprint density at radius 1 is 1.24 bits per heavy atom. The fourth-order valence-corrected chi connectivity index (χ4v) is 4.04. The summed E-state index contributed by atoms with van der Waals surface area (Å²) in [5, 5.41) is 0. The predicted octanol–water partition coefficient (Wildman–Crippen LogP) is -0.148. The summed E-state index contributed by atoms with van der Waals surface area (Å²) in [6, 6.07) is 1.03. The zero-order valence-electron chi connectivity index (χ0n) is 11.9. The number of hydrogen-bond acceptors (Lipinski definition) is 5. The summed E-state index contributed by atoms with van der Waals surface area (Å²) in [7, 11) is -6.27. The third-order valence-electron chi connectivity index (χ3n) is 2.95. The molecule has 0 aliphatic heterocycles. The summed E-state index contributed by atoms with van der Waals surface area (Å²) < 4.78 is 64.6. The van der Waals surface area contributed by atoms with Crippen LogP contribution in [0.5, 0.6) is 0 Å². The van der Waals surface area contributed by atoms with Gasteiger partial charge < -0.3 is 5.73 Å². The van der Waals surface area contributed by atoms with Gasteiger partial charge in [-0.15, -0.1) is 0 Å². The van der Waals surface area contributed by atoms with Crippen LogP contribution in [0.1, 0.15) is 11.1 Å². The van der Waals surface area contributed by atoms with Crippen LogP contribution in [0, 0.1) is 19.7 Å². The molecule has 120 valence electrons. The van der Waals surface area contributed by atoms with Gasteiger partial charge >= 0.3 is 0 Å². The van der Waals surface area contributed by atoms with Crippen molar-refractivity contribution < 1.29 is 21.2 Å². The maximum atomic E-state index is 13.4. The van der Waals surface area contributed by atoms with Gasteiger partial charge in [-0.2, -0.15) is 0 Å². The number of hydrogen-bond donors (Lipinski definition) is 3. The van der Waals surface area contributed by atoms with E-state index in [9.17, 15) is 21.2 Å².